The molecule has 94 valence electrons. The summed E-state index contributed by atoms with van der Waals surface area (Å²) in [6, 6.07) is 0. The standard InChI is InChI=1S/C10H12O6S/c1-2-3-4-16-10(15)8-6(12)5(11)7(17-8)9(13)14/h11-12H,2-4H2,1H3,(H,13,14). The average molecular weight is 260 g/mol. The molecule has 0 radical (unpaired) electrons. The molecule has 0 aliphatic rings. The quantitative estimate of drug-likeness (QED) is 0.551. The number of unbranched alkanes of at least 4 members (excludes halogenated alkanes) is 1. The Kier molecular flexibility index (Phi) is 4.33. The van der Waals surface area contributed by atoms with E-state index >= 15 is 0 Å². The molecule has 0 fully saturated rings. The highest BCUT2D eigenvalue weighted by atomic mass is 32.1. The number of carboxylic acids is 1. The number of carbonyl (C=O) groups is 2. The van der Waals surface area contributed by atoms with Gasteiger partial charge in [-0.25, -0.2) is 9.59 Å². The molecule has 0 atom stereocenters. The van der Waals surface area contributed by atoms with Crippen LogP contribution in [0.1, 0.15) is 39.1 Å². The molecule has 0 saturated carbocycles. The van der Waals surface area contributed by atoms with E-state index in [1.165, 1.54) is 0 Å². The fraction of sp³-hybridized carbons (Fsp3) is 0.400. The van der Waals surface area contributed by atoms with Gasteiger partial charge in [-0.3, -0.25) is 0 Å². The van der Waals surface area contributed by atoms with Crippen molar-refractivity contribution in [3.8, 4) is 11.5 Å². The van der Waals surface area contributed by atoms with Crippen LogP contribution in [-0.2, 0) is 4.74 Å². The third-order valence-corrected chi connectivity index (χ3v) is 3.11. The van der Waals surface area contributed by atoms with E-state index < -0.39 is 28.3 Å². The van der Waals surface area contributed by atoms with Gasteiger partial charge in [-0.05, 0) is 6.42 Å². The fourth-order valence-corrected chi connectivity index (χ4v) is 1.89. The van der Waals surface area contributed by atoms with Gasteiger partial charge in [0.1, 0.15) is 0 Å². The topological polar surface area (TPSA) is 104 Å². The number of thiophene rings is 1. The first-order valence-electron chi connectivity index (χ1n) is 4.94. The van der Waals surface area contributed by atoms with Crippen molar-refractivity contribution in [2.75, 3.05) is 6.61 Å². The van der Waals surface area contributed by atoms with Gasteiger partial charge in [-0.1, -0.05) is 13.3 Å². The highest BCUT2D eigenvalue weighted by molar-refractivity contribution is 7.16. The van der Waals surface area contributed by atoms with Crippen molar-refractivity contribution in [1.29, 1.82) is 0 Å². The van der Waals surface area contributed by atoms with Crippen LogP contribution in [-0.4, -0.2) is 33.9 Å². The number of hydrogen-bond donors (Lipinski definition) is 3. The number of ether oxygens (including phenoxy) is 1. The zero-order chi connectivity index (χ0) is 13.0. The number of aromatic carboxylic acids is 1. The van der Waals surface area contributed by atoms with E-state index in [1.807, 2.05) is 6.92 Å². The van der Waals surface area contributed by atoms with Gasteiger partial charge < -0.3 is 20.1 Å². The maximum Gasteiger partial charge on any atom is 0.352 e. The molecule has 1 heterocycles. The van der Waals surface area contributed by atoms with E-state index in [0.717, 1.165) is 6.42 Å². The lowest BCUT2D eigenvalue weighted by Gasteiger charge is -2.01. The molecule has 0 aromatic carbocycles. The highest BCUT2D eigenvalue weighted by Gasteiger charge is 2.26. The summed E-state index contributed by atoms with van der Waals surface area (Å²) in [5, 5.41) is 27.4. The molecule has 0 amide bonds. The van der Waals surface area contributed by atoms with E-state index in [4.69, 9.17) is 9.84 Å². The van der Waals surface area contributed by atoms with Gasteiger partial charge in [-0.2, -0.15) is 0 Å². The molecule has 17 heavy (non-hydrogen) atoms. The summed E-state index contributed by atoms with van der Waals surface area (Å²) in [5.41, 5.74) is 0. The van der Waals surface area contributed by atoms with Crippen LogP contribution in [0.25, 0.3) is 0 Å². The zero-order valence-corrected chi connectivity index (χ0v) is 9.91. The van der Waals surface area contributed by atoms with Crippen LogP contribution in [0.3, 0.4) is 0 Å². The first-order valence-corrected chi connectivity index (χ1v) is 5.75. The molecule has 0 aliphatic carbocycles. The highest BCUT2D eigenvalue weighted by Crippen LogP contribution is 2.40. The van der Waals surface area contributed by atoms with Crippen LogP contribution in [0.4, 0.5) is 0 Å². The molecule has 1 rings (SSSR count). The molecule has 0 spiro atoms. The Hall–Kier alpha value is -1.76. The van der Waals surface area contributed by atoms with Gasteiger partial charge >= 0.3 is 11.9 Å². The van der Waals surface area contributed by atoms with Crippen LogP contribution < -0.4 is 0 Å². The molecule has 3 N–H and O–H groups in total. The second kappa shape index (κ2) is 5.53. The van der Waals surface area contributed by atoms with Crippen LogP contribution in [0.5, 0.6) is 11.5 Å². The largest absolute Gasteiger partial charge is 0.503 e. The predicted octanol–water partition coefficient (Wildman–Crippen LogP) is 1.81. The van der Waals surface area contributed by atoms with Crippen molar-refractivity contribution >= 4 is 23.3 Å². The van der Waals surface area contributed by atoms with E-state index in [1.54, 1.807) is 0 Å². The summed E-state index contributed by atoms with van der Waals surface area (Å²) in [4.78, 5) is 21.3. The Bertz CT molecular complexity index is 436. The van der Waals surface area contributed by atoms with E-state index in [9.17, 15) is 19.8 Å². The van der Waals surface area contributed by atoms with Gasteiger partial charge in [0, 0.05) is 0 Å². The van der Waals surface area contributed by atoms with Crippen molar-refractivity contribution in [3.63, 3.8) is 0 Å². The number of aromatic hydroxyl groups is 2. The lowest BCUT2D eigenvalue weighted by molar-refractivity contribution is 0.0501. The van der Waals surface area contributed by atoms with E-state index in [0.29, 0.717) is 17.8 Å². The van der Waals surface area contributed by atoms with E-state index in [-0.39, 0.29) is 11.5 Å². The van der Waals surface area contributed by atoms with Crippen LogP contribution >= 0.6 is 11.3 Å². The minimum absolute atomic E-state index is 0.190. The maximum atomic E-state index is 11.5. The molecular formula is C10H12O6S. The monoisotopic (exact) mass is 260 g/mol. The van der Waals surface area contributed by atoms with Crippen molar-refractivity contribution in [3.05, 3.63) is 9.75 Å². The molecular weight excluding hydrogens is 248 g/mol. The summed E-state index contributed by atoms with van der Waals surface area (Å²) >= 11 is 0.486. The Labute approximate surface area is 101 Å². The SMILES string of the molecule is CCCCOC(=O)c1sc(C(=O)O)c(O)c1O. The van der Waals surface area contributed by atoms with Gasteiger partial charge in [-0.15, -0.1) is 11.3 Å². The summed E-state index contributed by atoms with van der Waals surface area (Å²) in [5.74, 6) is -3.78. The summed E-state index contributed by atoms with van der Waals surface area (Å²) in [7, 11) is 0. The molecule has 7 heteroatoms. The average Bonchev–Trinajstić information content (AvgIpc) is 2.56. The van der Waals surface area contributed by atoms with Crippen molar-refractivity contribution in [2.24, 2.45) is 0 Å². The summed E-state index contributed by atoms with van der Waals surface area (Å²) in [6.07, 6.45) is 1.52. The minimum atomic E-state index is -1.41. The minimum Gasteiger partial charge on any atom is -0.503 e. The molecule has 1 aromatic rings. The second-order valence-electron chi connectivity index (χ2n) is 3.25. The smallest absolute Gasteiger partial charge is 0.352 e. The second-order valence-corrected chi connectivity index (χ2v) is 4.27. The summed E-state index contributed by atoms with van der Waals surface area (Å²) < 4.78 is 4.80. The van der Waals surface area contributed by atoms with Crippen molar-refractivity contribution in [2.45, 2.75) is 19.8 Å². The zero-order valence-electron chi connectivity index (χ0n) is 9.10. The predicted molar refractivity (Wildman–Crippen MR) is 59.8 cm³/mol. The Morgan fingerprint density at radius 1 is 1.24 bits per heavy atom. The van der Waals surface area contributed by atoms with Gasteiger partial charge in [0.2, 0.25) is 0 Å². The molecule has 0 unspecified atom stereocenters. The number of carboxylic acid groups (broad SMARTS) is 1. The van der Waals surface area contributed by atoms with Gasteiger partial charge in [0.05, 0.1) is 6.61 Å². The van der Waals surface area contributed by atoms with Crippen LogP contribution in [0.15, 0.2) is 0 Å². The van der Waals surface area contributed by atoms with Crippen molar-refractivity contribution < 1.29 is 29.6 Å². The molecule has 0 bridgehead atoms. The third kappa shape index (κ3) is 2.88. The Balaban J connectivity index is 2.87. The number of carbonyl (C=O) groups excluding carboxylic acids is 1. The number of esters is 1. The maximum absolute atomic E-state index is 11.5. The van der Waals surface area contributed by atoms with Gasteiger partial charge in [0.25, 0.3) is 0 Å². The number of rotatable bonds is 5. The van der Waals surface area contributed by atoms with Crippen LogP contribution in [0.2, 0.25) is 0 Å². The van der Waals surface area contributed by atoms with E-state index in [2.05, 4.69) is 0 Å². The first kappa shape index (κ1) is 13.3. The Morgan fingerprint density at radius 3 is 2.29 bits per heavy atom. The molecule has 0 aliphatic heterocycles. The summed E-state index contributed by atoms with van der Waals surface area (Å²) in [6.45, 7) is 2.11. The van der Waals surface area contributed by atoms with Crippen LogP contribution in [0, 0.1) is 0 Å². The first-order chi connectivity index (χ1) is 7.99. The molecule has 6 nitrogen and oxygen atoms in total. The molecule has 1 aromatic heterocycles. The molecule has 0 saturated heterocycles. The fourth-order valence-electron chi connectivity index (χ4n) is 1.07. The number of hydrogen-bond acceptors (Lipinski definition) is 6. The third-order valence-electron chi connectivity index (χ3n) is 1.97. The lowest BCUT2D eigenvalue weighted by atomic mass is 10.3. The lowest BCUT2D eigenvalue weighted by Crippen LogP contribution is -2.04. The van der Waals surface area contributed by atoms with Gasteiger partial charge in [0.15, 0.2) is 21.3 Å². The van der Waals surface area contributed by atoms with Crippen molar-refractivity contribution in [1.82, 2.24) is 0 Å². The normalized spacial score (nSPS) is 10.2. The Morgan fingerprint density at radius 2 is 1.82 bits per heavy atom.